The van der Waals surface area contributed by atoms with Gasteiger partial charge in [0.1, 0.15) is 5.75 Å². The molecule has 2 aromatic carbocycles. The van der Waals surface area contributed by atoms with Crippen molar-refractivity contribution < 1.29 is 9.53 Å². The molecule has 0 heterocycles. The Labute approximate surface area is 145 Å². The van der Waals surface area contributed by atoms with Gasteiger partial charge in [0.15, 0.2) is 6.10 Å². The monoisotopic (exact) mass is 325 g/mol. The molecule has 2 aromatic rings. The number of aryl methyl sites for hydroxylation is 2. The number of carbonyl (C=O) groups is 1. The highest BCUT2D eigenvalue weighted by molar-refractivity contribution is 5.94. The van der Waals surface area contributed by atoms with Gasteiger partial charge in [-0.25, -0.2) is 0 Å². The molecule has 24 heavy (non-hydrogen) atoms. The van der Waals surface area contributed by atoms with E-state index in [1.807, 2.05) is 37.3 Å². The van der Waals surface area contributed by atoms with Crippen LogP contribution in [0.15, 0.2) is 42.5 Å². The fourth-order valence-electron chi connectivity index (χ4n) is 2.53. The van der Waals surface area contributed by atoms with Crippen molar-refractivity contribution in [3.05, 3.63) is 59.2 Å². The van der Waals surface area contributed by atoms with Crippen LogP contribution in [0.2, 0.25) is 0 Å². The minimum atomic E-state index is -0.560. The van der Waals surface area contributed by atoms with Gasteiger partial charge in [-0.1, -0.05) is 45.0 Å². The van der Waals surface area contributed by atoms with Crippen molar-refractivity contribution in [3.8, 4) is 5.75 Å². The third kappa shape index (κ3) is 4.60. The Balaban J connectivity index is 2.07. The maximum Gasteiger partial charge on any atom is 0.265 e. The second-order valence-electron chi connectivity index (χ2n) is 6.50. The summed E-state index contributed by atoms with van der Waals surface area (Å²) in [5.74, 6) is 0.988. The van der Waals surface area contributed by atoms with Crippen molar-refractivity contribution in [3.63, 3.8) is 0 Å². The molecule has 1 amide bonds. The van der Waals surface area contributed by atoms with Crippen LogP contribution in [0.3, 0.4) is 0 Å². The molecule has 0 aliphatic carbocycles. The summed E-state index contributed by atoms with van der Waals surface area (Å²) < 4.78 is 5.95. The zero-order valence-electron chi connectivity index (χ0n) is 15.2. The van der Waals surface area contributed by atoms with E-state index >= 15 is 0 Å². The van der Waals surface area contributed by atoms with E-state index in [9.17, 15) is 4.79 Å². The number of anilines is 1. The molecule has 0 spiro atoms. The van der Waals surface area contributed by atoms with Crippen LogP contribution in [-0.4, -0.2) is 12.0 Å². The SMILES string of the molecule is CCc1ccc(NC(=O)C(C)Oc2cc(C)ccc2C(C)C)cc1. The molecular weight excluding hydrogens is 298 g/mol. The lowest BCUT2D eigenvalue weighted by molar-refractivity contribution is -0.122. The van der Waals surface area contributed by atoms with E-state index in [-0.39, 0.29) is 5.91 Å². The van der Waals surface area contributed by atoms with Crippen LogP contribution >= 0.6 is 0 Å². The Bertz CT molecular complexity index is 689. The molecular formula is C21H27NO2. The summed E-state index contributed by atoms with van der Waals surface area (Å²) in [6.07, 6.45) is 0.425. The number of hydrogen-bond donors (Lipinski definition) is 1. The molecule has 0 radical (unpaired) electrons. The van der Waals surface area contributed by atoms with Crippen molar-refractivity contribution in [1.82, 2.24) is 0 Å². The van der Waals surface area contributed by atoms with Gasteiger partial charge in [-0.2, -0.15) is 0 Å². The van der Waals surface area contributed by atoms with Crippen LogP contribution < -0.4 is 10.1 Å². The first kappa shape index (κ1) is 18.1. The smallest absolute Gasteiger partial charge is 0.265 e. The van der Waals surface area contributed by atoms with Gasteiger partial charge in [0.25, 0.3) is 5.91 Å². The van der Waals surface area contributed by atoms with E-state index in [2.05, 4.69) is 38.2 Å². The molecule has 0 aromatic heterocycles. The van der Waals surface area contributed by atoms with E-state index < -0.39 is 6.10 Å². The van der Waals surface area contributed by atoms with Gasteiger partial charge in [0, 0.05) is 5.69 Å². The minimum absolute atomic E-state index is 0.143. The molecule has 0 aliphatic heterocycles. The van der Waals surface area contributed by atoms with Crippen LogP contribution in [0.25, 0.3) is 0 Å². The molecule has 128 valence electrons. The molecule has 0 fully saturated rings. The van der Waals surface area contributed by atoms with E-state index in [1.54, 1.807) is 6.92 Å². The maximum absolute atomic E-state index is 12.4. The van der Waals surface area contributed by atoms with Crippen molar-refractivity contribution in [1.29, 1.82) is 0 Å². The van der Waals surface area contributed by atoms with E-state index in [0.717, 1.165) is 29.0 Å². The Hall–Kier alpha value is -2.29. The number of nitrogens with one attached hydrogen (secondary N) is 1. The van der Waals surface area contributed by atoms with Gasteiger partial charge < -0.3 is 10.1 Å². The predicted molar refractivity (Wildman–Crippen MR) is 99.8 cm³/mol. The highest BCUT2D eigenvalue weighted by atomic mass is 16.5. The average Bonchev–Trinajstić information content (AvgIpc) is 2.55. The topological polar surface area (TPSA) is 38.3 Å². The third-order valence-corrected chi connectivity index (χ3v) is 4.09. The van der Waals surface area contributed by atoms with E-state index in [1.165, 1.54) is 5.56 Å². The van der Waals surface area contributed by atoms with Gasteiger partial charge in [-0.05, 0) is 61.1 Å². The molecule has 2 rings (SSSR count). The second-order valence-corrected chi connectivity index (χ2v) is 6.50. The standard InChI is InChI=1S/C21H27NO2/c1-6-17-8-10-18(11-9-17)22-21(23)16(5)24-20-13-15(4)7-12-19(20)14(2)3/h7-14,16H,6H2,1-5H3,(H,22,23). The van der Waals surface area contributed by atoms with Gasteiger partial charge in [0.2, 0.25) is 0 Å². The second kappa shape index (κ2) is 8.00. The normalized spacial score (nSPS) is 12.1. The number of hydrogen-bond acceptors (Lipinski definition) is 2. The van der Waals surface area contributed by atoms with Crippen LogP contribution in [0.1, 0.15) is 50.3 Å². The lowest BCUT2D eigenvalue weighted by atomic mass is 10.0. The highest BCUT2D eigenvalue weighted by Crippen LogP contribution is 2.28. The van der Waals surface area contributed by atoms with Gasteiger partial charge in [-0.3, -0.25) is 4.79 Å². The van der Waals surface area contributed by atoms with E-state index in [0.29, 0.717) is 5.92 Å². The average molecular weight is 325 g/mol. The van der Waals surface area contributed by atoms with Crippen molar-refractivity contribution >= 4 is 11.6 Å². The largest absolute Gasteiger partial charge is 0.481 e. The summed E-state index contributed by atoms with van der Waals surface area (Å²) in [6, 6.07) is 14.0. The van der Waals surface area contributed by atoms with Gasteiger partial charge >= 0.3 is 0 Å². The Morgan fingerprint density at radius 2 is 1.75 bits per heavy atom. The third-order valence-electron chi connectivity index (χ3n) is 4.09. The first-order chi connectivity index (χ1) is 11.4. The minimum Gasteiger partial charge on any atom is -0.481 e. The fraction of sp³-hybridized carbons (Fsp3) is 0.381. The van der Waals surface area contributed by atoms with Crippen molar-refractivity contribution in [2.45, 2.75) is 53.1 Å². The van der Waals surface area contributed by atoms with Crippen LogP contribution in [-0.2, 0) is 11.2 Å². The molecule has 3 heteroatoms. The van der Waals surface area contributed by atoms with Crippen molar-refractivity contribution in [2.75, 3.05) is 5.32 Å². The number of carbonyl (C=O) groups excluding carboxylic acids is 1. The zero-order valence-corrected chi connectivity index (χ0v) is 15.2. The van der Waals surface area contributed by atoms with Crippen LogP contribution in [0.4, 0.5) is 5.69 Å². The molecule has 0 bridgehead atoms. The summed E-state index contributed by atoms with van der Waals surface area (Å²) in [5, 5.41) is 2.91. The zero-order chi connectivity index (χ0) is 17.7. The van der Waals surface area contributed by atoms with Crippen LogP contribution in [0.5, 0.6) is 5.75 Å². The molecule has 3 nitrogen and oxygen atoms in total. The summed E-state index contributed by atoms with van der Waals surface area (Å²) in [6.45, 7) is 10.2. The summed E-state index contributed by atoms with van der Waals surface area (Å²) in [7, 11) is 0. The van der Waals surface area contributed by atoms with Gasteiger partial charge in [-0.15, -0.1) is 0 Å². The summed E-state index contributed by atoms with van der Waals surface area (Å²) >= 11 is 0. The Kier molecular flexibility index (Phi) is 6.02. The lowest BCUT2D eigenvalue weighted by Crippen LogP contribution is -2.30. The van der Waals surface area contributed by atoms with Crippen molar-refractivity contribution in [2.24, 2.45) is 0 Å². The number of benzene rings is 2. The van der Waals surface area contributed by atoms with Crippen LogP contribution in [0, 0.1) is 6.92 Å². The molecule has 0 saturated heterocycles. The summed E-state index contributed by atoms with van der Waals surface area (Å²) in [5.41, 5.74) is 4.28. The maximum atomic E-state index is 12.4. The number of rotatable bonds is 6. The van der Waals surface area contributed by atoms with E-state index in [4.69, 9.17) is 4.74 Å². The molecule has 1 atom stereocenters. The molecule has 1 unspecified atom stereocenters. The quantitative estimate of drug-likeness (QED) is 0.803. The number of ether oxygens (including phenoxy) is 1. The summed E-state index contributed by atoms with van der Waals surface area (Å²) in [4.78, 5) is 12.4. The number of amides is 1. The molecule has 0 aliphatic rings. The molecule has 1 N–H and O–H groups in total. The Morgan fingerprint density at radius 3 is 2.33 bits per heavy atom. The lowest BCUT2D eigenvalue weighted by Gasteiger charge is -2.19. The highest BCUT2D eigenvalue weighted by Gasteiger charge is 2.17. The Morgan fingerprint density at radius 1 is 1.08 bits per heavy atom. The molecule has 0 saturated carbocycles. The first-order valence-corrected chi connectivity index (χ1v) is 8.57. The van der Waals surface area contributed by atoms with Gasteiger partial charge in [0.05, 0.1) is 0 Å². The fourth-order valence-corrected chi connectivity index (χ4v) is 2.53. The predicted octanol–water partition coefficient (Wildman–Crippen LogP) is 5.09. The first-order valence-electron chi connectivity index (χ1n) is 8.57.